The average Bonchev–Trinajstić information content (AvgIpc) is 2.77. The topological polar surface area (TPSA) is 30.5 Å². The molecule has 1 aromatic carbocycles. The third kappa shape index (κ3) is 4.59. The summed E-state index contributed by atoms with van der Waals surface area (Å²) in [4.78, 5) is 0. The maximum absolute atomic E-state index is 6.27. The number of nitrogens with one attached hydrogen (secondary N) is 1. The zero-order valence-electron chi connectivity index (χ0n) is 12.8. The number of methoxy groups -OCH3 is 1. The summed E-state index contributed by atoms with van der Waals surface area (Å²) >= 11 is 9.89. The molecule has 1 heterocycles. The molecule has 1 saturated heterocycles. The molecule has 0 aromatic heterocycles. The fourth-order valence-electron chi connectivity index (χ4n) is 2.66. The Morgan fingerprint density at radius 1 is 1.38 bits per heavy atom. The van der Waals surface area contributed by atoms with Crippen LogP contribution in [0.25, 0.3) is 0 Å². The van der Waals surface area contributed by atoms with Crippen molar-refractivity contribution in [2.75, 3.05) is 20.3 Å². The van der Waals surface area contributed by atoms with Gasteiger partial charge < -0.3 is 14.8 Å². The van der Waals surface area contributed by atoms with E-state index in [-0.39, 0.29) is 5.54 Å². The van der Waals surface area contributed by atoms with Gasteiger partial charge in [0, 0.05) is 36.2 Å². The van der Waals surface area contributed by atoms with Crippen molar-refractivity contribution in [2.24, 2.45) is 0 Å². The summed E-state index contributed by atoms with van der Waals surface area (Å²) in [5.41, 5.74) is 1.40. The molecule has 3 nitrogen and oxygen atoms in total. The van der Waals surface area contributed by atoms with E-state index in [0.29, 0.717) is 24.3 Å². The molecule has 118 valence electrons. The van der Waals surface area contributed by atoms with E-state index < -0.39 is 0 Å². The summed E-state index contributed by atoms with van der Waals surface area (Å²) in [6.07, 6.45) is 3.14. The van der Waals surface area contributed by atoms with Gasteiger partial charge in [0.25, 0.3) is 0 Å². The lowest BCUT2D eigenvalue weighted by Crippen LogP contribution is -2.33. The number of ether oxygens (including phenoxy) is 2. The smallest absolute Gasteiger partial charge is 0.138 e. The quantitative estimate of drug-likeness (QED) is 0.729. The van der Waals surface area contributed by atoms with Gasteiger partial charge in [-0.2, -0.15) is 0 Å². The second-order valence-electron chi connectivity index (χ2n) is 6.12. The highest BCUT2D eigenvalue weighted by Gasteiger charge is 2.32. The minimum atomic E-state index is 0.184. The van der Waals surface area contributed by atoms with E-state index in [1.54, 1.807) is 7.11 Å². The van der Waals surface area contributed by atoms with Crippen LogP contribution in [0.15, 0.2) is 16.6 Å². The molecule has 1 atom stereocenters. The van der Waals surface area contributed by atoms with E-state index in [2.05, 4.69) is 41.2 Å². The highest BCUT2D eigenvalue weighted by atomic mass is 79.9. The van der Waals surface area contributed by atoms with Crippen molar-refractivity contribution in [3.8, 4) is 5.75 Å². The van der Waals surface area contributed by atoms with Crippen molar-refractivity contribution in [3.05, 3.63) is 27.2 Å². The van der Waals surface area contributed by atoms with E-state index in [9.17, 15) is 0 Å². The molecule has 21 heavy (non-hydrogen) atoms. The Kier molecular flexibility index (Phi) is 5.95. The second-order valence-corrected chi connectivity index (χ2v) is 7.38. The van der Waals surface area contributed by atoms with Crippen LogP contribution in [0.1, 0.15) is 44.7 Å². The SMILES string of the molecule is COCCCOc1cc(C2CCC(C)(C)N2)c(Br)cc1Cl. The second kappa shape index (κ2) is 7.32. The molecule has 1 aromatic rings. The van der Waals surface area contributed by atoms with E-state index >= 15 is 0 Å². The van der Waals surface area contributed by atoms with Gasteiger partial charge in [-0.1, -0.05) is 27.5 Å². The van der Waals surface area contributed by atoms with Gasteiger partial charge in [0.1, 0.15) is 5.75 Å². The molecule has 5 heteroatoms. The van der Waals surface area contributed by atoms with Crippen LogP contribution in [0.3, 0.4) is 0 Å². The van der Waals surface area contributed by atoms with Crippen molar-refractivity contribution in [2.45, 2.75) is 44.7 Å². The van der Waals surface area contributed by atoms with Gasteiger partial charge in [0.2, 0.25) is 0 Å². The fourth-order valence-corrected chi connectivity index (χ4v) is 3.63. The van der Waals surface area contributed by atoms with Crippen molar-refractivity contribution in [3.63, 3.8) is 0 Å². The predicted molar refractivity (Wildman–Crippen MR) is 90.3 cm³/mol. The molecule has 0 aliphatic carbocycles. The largest absolute Gasteiger partial charge is 0.492 e. The monoisotopic (exact) mass is 375 g/mol. The molecule has 0 saturated carbocycles. The van der Waals surface area contributed by atoms with E-state index in [0.717, 1.165) is 29.5 Å². The normalized spacial score (nSPS) is 20.7. The summed E-state index contributed by atoms with van der Waals surface area (Å²) in [6, 6.07) is 4.32. The van der Waals surface area contributed by atoms with E-state index in [1.165, 1.54) is 5.56 Å². The maximum atomic E-state index is 6.27. The molecule has 0 amide bonds. The van der Waals surface area contributed by atoms with Gasteiger partial charge in [-0.3, -0.25) is 0 Å². The highest BCUT2D eigenvalue weighted by molar-refractivity contribution is 9.10. The summed E-state index contributed by atoms with van der Waals surface area (Å²) < 4.78 is 11.8. The number of rotatable bonds is 6. The van der Waals surface area contributed by atoms with Crippen LogP contribution in [0.4, 0.5) is 0 Å². The Labute approximate surface area is 140 Å². The van der Waals surface area contributed by atoms with Gasteiger partial charge in [0.05, 0.1) is 11.6 Å². The van der Waals surface area contributed by atoms with Crippen LogP contribution < -0.4 is 10.1 Å². The highest BCUT2D eigenvalue weighted by Crippen LogP contribution is 2.40. The number of halogens is 2. The van der Waals surface area contributed by atoms with Crippen LogP contribution in [0, 0.1) is 0 Å². The summed E-state index contributed by atoms with van der Waals surface area (Å²) in [6.45, 7) is 5.77. The summed E-state index contributed by atoms with van der Waals surface area (Å²) in [5, 5.41) is 4.30. The first kappa shape index (κ1) is 17.1. The third-order valence-electron chi connectivity index (χ3n) is 3.80. The Hall–Kier alpha value is -0.290. The molecule has 0 radical (unpaired) electrons. The van der Waals surface area contributed by atoms with Crippen molar-refractivity contribution in [1.29, 1.82) is 0 Å². The van der Waals surface area contributed by atoms with E-state index in [4.69, 9.17) is 21.1 Å². The first-order chi connectivity index (χ1) is 9.93. The van der Waals surface area contributed by atoms with Gasteiger partial charge in [-0.15, -0.1) is 0 Å². The molecule has 1 unspecified atom stereocenters. The Balaban J connectivity index is 2.11. The minimum Gasteiger partial charge on any atom is -0.492 e. The zero-order valence-corrected chi connectivity index (χ0v) is 15.2. The van der Waals surface area contributed by atoms with Crippen LogP contribution in [0.2, 0.25) is 5.02 Å². The van der Waals surface area contributed by atoms with Gasteiger partial charge >= 0.3 is 0 Å². The molecule has 2 rings (SSSR count). The van der Waals surface area contributed by atoms with Crippen molar-refractivity contribution < 1.29 is 9.47 Å². The Bertz CT molecular complexity index is 493. The molecular formula is C16H23BrClNO2. The lowest BCUT2D eigenvalue weighted by atomic mass is 10.0. The van der Waals surface area contributed by atoms with E-state index in [1.807, 2.05) is 6.07 Å². The molecule has 1 N–H and O–H groups in total. The molecular weight excluding hydrogens is 354 g/mol. The van der Waals surface area contributed by atoms with Gasteiger partial charge in [0.15, 0.2) is 0 Å². The van der Waals surface area contributed by atoms with Crippen LogP contribution >= 0.6 is 27.5 Å². The Morgan fingerprint density at radius 3 is 2.76 bits per heavy atom. The van der Waals surface area contributed by atoms with Crippen LogP contribution in [-0.4, -0.2) is 25.9 Å². The number of benzene rings is 1. The average molecular weight is 377 g/mol. The molecule has 0 bridgehead atoms. The minimum absolute atomic E-state index is 0.184. The van der Waals surface area contributed by atoms with Crippen LogP contribution in [0.5, 0.6) is 5.75 Å². The molecule has 1 aliphatic rings. The lowest BCUT2D eigenvalue weighted by Gasteiger charge is -2.22. The van der Waals surface area contributed by atoms with Gasteiger partial charge in [-0.05, 0) is 44.4 Å². The first-order valence-electron chi connectivity index (χ1n) is 7.31. The first-order valence-corrected chi connectivity index (χ1v) is 8.48. The fraction of sp³-hybridized carbons (Fsp3) is 0.625. The predicted octanol–water partition coefficient (Wildman–Crippen LogP) is 4.72. The maximum Gasteiger partial charge on any atom is 0.138 e. The van der Waals surface area contributed by atoms with Crippen molar-refractivity contribution >= 4 is 27.5 Å². The number of hydrogen-bond acceptors (Lipinski definition) is 3. The molecule has 0 spiro atoms. The lowest BCUT2D eigenvalue weighted by molar-refractivity contribution is 0.172. The summed E-state index contributed by atoms with van der Waals surface area (Å²) in [5.74, 6) is 0.748. The third-order valence-corrected chi connectivity index (χ3v) is 4.78. The van der Waals surface area contributed by atoms with Gasteiger partial charge in [-0.25, -0.2) is 0 Å². The zero-order chi connectivity index (χ0) is 15.5. The summed E-state index contributed by atoms with van der Waals surface area (Å²) in [7, 11) is 1.69. The standard InChI is InChI=1S/C16H23BrClNO2/c1-16(2)6-5-14(19-16)11-9-15(13(18)10-12(11)17)21-8-4-7-20-3/h9-10,14,19H,4-8H2,1-3H3. The van der Waals surface area contributed by atoms with Crippen molar-refractivity contribution in [1.82, 2.24) is 5.32 Å². The Morgan fingerprint density at radius 2 is 2.14 bits per heavy atom. The molecule has 1 aliphatic heterocycles. The molecule has 1 fully saturated rings. The number of hydrogen-bond donors (Lipinski definition) is 1. The van der Waals surface area contributed by atoms with Crippen LogP contribution in [-0.2, 0) is 4.74 Å².